The summed E-state index contributed by atoms with van der Waals surface area (Å²) in [5.74, 6) is -1.68. The molecule has 0 aliphatic carbocycles. The van der Waals surface area contributed by atoms with E-state index < -0.39 is 23.8 Å². The molecule has 3 N–H and O–H groups in total. The van der Waals surface area contributed by atoms with E-state index in [0.717, 1.165) is 9.37 Å². The third kappa shape index (κ3) is 4.49. The number of carbonyl (C=O) groups is 4. The van der Waals surface area contributed by atoms with Crippen LogP contribution < -0.4 is 25.4 Å². The minimum Gasteiger partial charge on any atom is -0.493 e. The van der Waals surface area contributed by atoms with E-state index >= 15 is 0 Å². The average molecular weight is 474 g/mol. The average Bonchev–Trinajstić information content (AvgIpc) is 2.71. The van der Waals surface area contributed by atoms with Crippen LogP contribution in [0.5, 0.6) is 11.5 Å². The molecule has 1 saturated heterocycles. The van der Waals surface area contributed by atoms with Crippen LogP contribution in [0.15, 0.2) is 52.5 Å². The van der Waals surface area contributed by atoms with Gasteiger partial charge in [0.2, 0.25) is 0 Å². The number of amides is 5. The van der Waals surface area contributed by atoms with Crippen LogP contribution in [0, 0.1) is 0 Å². The number of halogens is 1. The van der Waals surface area contributed by atoms with Gasteiger partial charge in [-0.15, -0.1) is 0 Å². The van der Waals surface area contributed by atoms with E-state index in [1.807, 2.05) is 0 Å². The van der Waals surface area contributed by atoms with Crippen LogP contribution in [0.25, 0.3) is 6.08 Å². The molecule has 1 aliphatic heterocycles. The molecular formula is C20H16BrN3O6. The van der Waals surface area contributed by atoms with Crippen LogP contribution >= 0.6 is 15.9 Å². The highest BCUT2D eigenvalue weighted by molar-refractivity contribution is 9.10. The Morgan fingerprint density at radius 3 is 2.47 bits per heavy atom. The van der Waals surface area contributed by atoms with Gasteiger partial charge in [0.15, 0.2) is 18.1 Å². The Balaban J connectivity index is 1.94. The number of hydrogen-bond acceptors (Lipinski definition) is 6. The number of rotatable bonds is 6. The maximum Gasteiger partial charge on any atom is 0.335 e. The van der Waals surface area contributed by atoms with Crippen LogP contribution in [0.2, 0.25) is 0 Å². The van der Waals surface area contributed by atoms with E-state index in [0.29, 0.717) is 11.3 Å². The number of imide groups is 2. The molecule has 154 valence electrons. The van der Waals surface area contributed by atoms with Crippen LogP contribution in [-0.2, 0) is 14.4 Å². The third-order valence-electron chi connectivity index (χ3n) is 4.06. The number of anilines is 1. The van der Waals surface area contributed by atoms with E-state index in [-0.39, 0.29) is 23.7 Å². The van der Waals surface area contributed by atoms with Crippen LogP contribution in [-0.4, -0.2) is 37.5 Å². The fourth-order valence-corrected chi connectivity index (χ4v) is 2.96. The summed E-state index contributed by atoms with van der Waals surface area (Å²) in [5.41, 5.74) is 5.59. The van der Waals surface area contributed by atoms with Gasteiger partial charge in [-0.1, -0.05) is 22.0 Å². The smallest absolute Gasteiger partial charge is 0.335 e. The van der Waals surface area contributed by atoms with Crippen molar-refractivity contribution in [3.05, 3.63) is 58.1 Å². The minimum absolute atomic E-state index is 0.231. The van der Waals surface area contributed by atoms with E-state index in [9.17, 15) is 19.2 Å². The Morgan fingerprint density at radius 2 is 1.83 bits per heavy atom. The van der Waals surface area contributed by atoms with E-state index in [4.69, 9.17) is 15.2 Å². The Kier molecular flexibility index (Phi) is 6.17. The van der Waals surface area contributed by atoms with E-state index in [2.05, 4.69) is 21.2 Å². The highest BCUT2D eigenvalue weighted by Crippen LogP contribution is 2.30. The number of methoxy groups -OCH3 is 1. The summed E-state index contributed by atoms with van der Waals surface area (Å²) in [6.07, 6.45) is 1.33. The first-order chi connectivity index (χ1) is 14.3. The van der Waals surface area contributed by atoms with Gasteiger partial charge in [0.25, 0.3) is 17.7 Å². The minimum atomic E-state index is -0.836. The molecule has 0 radical (unpaired) electrons. The summed E-state index contributed by atoms with van der Waals surface area (Å²) in [5, 5.41) is 2.16. The van der Waals surface area contributed by atoms with Gasteiger partial charge in [-0.25, -0.2) is 9.69 Å². The Bertz CT molecular complexity index is 1060. The topological polar surface area (TPSA) is 128 Å². The van der Waals surface area contributed by atoms with Gasteiger partial charge < -0.3 is 15.2 Å². The second kappa shape index (κ2) is 8.78. The molecule has 1 fully saturated rings. The molecule has 1 aliphatic rings. The zero-order valence-electron chi connectivity index (χ0n) is 15.7. The number of primary amides is 1. The van der Waals surface area contributed by atoms with Gasteiger partial charge in [0.05, 0.1) is 12.8 Å². The number of benzene rings is 2. The summed E-state index contributed by atoms with van der Waals surface area (Å²) in [6.45, 7) is -0.331. The van der Waals surface area contributed by atoms with E-state index in [1.165, 1.54) is 25.3 Å². The number of nitrogens with one attached hydrogen (secondary N) is 1. The van der Waals surface area contributed by atoms with Crippen LogP contribution in [0.3, 0.4) is 0 Å². The number of nitrogens with zero attached hydrogens (tertiary/aromatic N) is 1. The lowest BCUT2D eigenvalue weighted by Gasteiger charge is -2.26. The molecule has 30 heavy (non-hydrogen) atoms. The number of hydrogen-bond donors (Lipinski definition) is 2. The first kappa shape index (κ1) is 21.1. The third-order valence-corrected chi connectivity index (χ3v) is 4.58. The monoisotopic (exact) mass is 473 g/mol. The van der Waals surface area contributed by atoms with Gasteiger partial charge >= 0.3 is 6.03 Å². The zero-order chi connectivity index (χ0) is 21.8. The molecule has 0 bridgehead atoms. The Morgan fingerprint density at radius 1 is 1.13 bits per heavy atom. The van der Waals surface area contributed by atoms with E-state index in [1.54, 1.807) is 30.3 Å². The lowest BCUT2D eigenvalue weighted by molar-refractivity contribution is -0.123. The molecule has 2 aromatic carbocycles. The first-order valence-electron chi connectivity index (χ1n) is 8.56. The SMILES string of the molecule is COc1cc(C=C2C(=O)NC(=O)N(c3ccc(Br)cc3)C2=O)ccc1OCC(N)=O. The molecule has 0 unspecified atom stereocenters. The van der Waals surface area contributed by atoms with Crippen LogP contribution in [0.4, 0.5) is 10.5 Å². The second-order valence-electron chi connectivity index (χ2n) is 6.10. The predicted octanol–water partition coefficient (Wildman–Crippen LogP) is 1.99. The molecule has 5 amide bonds. The second-order valence-corrected chi connectivity index (χ2v) is 7.02. The lowest BCUT2D eigenvalue weighted by Crippen LogP contribution is -2.54. The van der Waals surface area contributed by atoms with Gasteiger partial charge in [0, 0.05) is 4.47 Å². The summed E-state index contributed by atoms with van der Waals surface area (Å²) >= 11 is 3.29. The fourth-order valence-electron chi connectivity index (χ4n) is 2.69. The molecule has 0 atom stereocenters. The number of nitrogens with two attached hydrogens (primary N) is 1. The number of barbiturate groups is 1. The molecule has 3 rings (SSSR count). The first-order valence-corrected chi connectivity index (χ1v) is 9.35. The molecule has 0 saturated carbocycles. The Hall–Kier alpha value is -3.66. The maximum atomic E-state index is 12.9. The quantitative estimate of drug-likeness (QED) is 0.487. The maximum absolute atomic E-state index is 12.9. The van der Waals surface area contributed by atoms with Crippen molar-refractivity contribution in [3.8, 4) is 11.5 Å². The molecule has 9 nitrogen and oxygen atoms in total. The largest absolute Gasteiger partial charge is 0.493 e. The summed E-state index contributed by atoms with van der Waals surface area (Å²) in [6, 6.07) is 10.2. The van der Waals surface area contributed by atoms with Gasteiger partial charge in [-0.3, -0.25) is 19.7 Å². The molecule has 10 heteroatoms. The van der Waals surface area contributed by atoms with Gasteiger partial charge in [-0.2, -0.15) is 0 Å². The number of urea groups is 1. The molecule has 0 aromatic heterocycles. The van der Waals surface area contributed by atoms with Gasteiger partial charge in [-0.05, 0) is 48.0 Å². The molecule has 1 heterocycles. The van der Waals surface area contributed by atoms with Crippen molar-refractivity contribution in [1.82, 2.24) is 5.32 Å². The number of ether oxygens (including phenoxy) is 2. The van der Waals surface area contributed by atoms with Crippen molar-refractivity contribution >= 4 is 51.4 Å². The summed E-state index contributed by atoms with van der Waals surface area (Å²) in [7, 11) is 1.40. The number of carbonyl (C=O) groups excluding carboxylic acids is 4. The fraction of sp³-hybridized carbons (Fsp3) is 0.100. The summed E-state index contributed by atoms with van der Waals surface area (Å²) < 4.78 is 11.2. The van der Waals surface area contributed by atoms with Crippen molar-refractivity contribution in [2.75, 3.05) is 18.6 Å². The summed E-state index contributed by atoms with van der Waals surface area (Å²) in [4.78, 5) is 49.2. The Labute approximate surface area is 179 Å². The predicted molar refractivity (Wildman–Crippen MR) is 111 cm³/mol. The molecule has 2 aromatic rings. The lowest BCUT2D eigenvalue weighted by atomic mass is 10.1. The highest BCUT2D eigenvalue weighted by Gasteiger charge is 2.36. The van der Waals surface area contributed by atoms with Gasteiger partial charge in [0.1, 0.15) is 5.57 Å². The highest BCUT2D eigenvalue weighted by atomic mass is 79.9. The van der Waals surface area contributed by atoms with Crippen molar-refractivity contribution in [1.29, 1.82) is 0 Å². The van der Waals surface area contributed by atoms with Crippen molar-refractivity contribution in [2.24, 2.45) is 5.73 Å². The normalized spacial score (nSPS) is 15.2. The van der Waals surface area contributed by atoms with Crippen molar-refractivity contribution in [2.45, 2.75) is 0 Å². The van der Waals surface area contributed by atoms with Crippen LogP contribution in [0.1, 0.15) is 5.56 Å². The molecular weight excluding hydrogens is 458 g/mol. The molecule has 0 spiro atoms. The zero-order valence-corrected chi connectivity index (χ0v) is 17.3. The van der Waals surface area contributed by atoms with Crippen molar-refractivity contribution < 1.29 is 28.7 Å². The van der Waals surface area contributed by atoms with Crippen molar-refractivity contribution in [3.63, 3.8) is 0 Å². The standard InChI is InChI=1S/C20H16BrN3O6/c1-29-16-9-11(2-7-15(16)30-10-17(22)25)8-14-18(26)23-20(28)24(19(14)27)13-5-3-12(21)4-6-13/h2-9H,10H2,1H3,(H2,22,25)(H,23,26,28).